The Bertz CT molecular complexity index is 633. The van der Waals surface area contributed by atoms with Crippen molar-refractivity contribution in [2.75, 3.05) is 0 Å². The highest BCUT2D eigenvalue weighted by molar-refractivity contribution is 5.15. The minimum Gasteiger partial charge on any atom is -0.0845 e. The first-order valence-electron chi connectivity index (χ1n) is 22.6. The van der Waals surface area contributed by atoms with Crippen LogP contribution in [0.5, 0.6) is 0 Å². The highest BCUT2D eigenvalue weighted by atomic mass is 14.0. The third kappa shape index (κ3) is 39.4. The number of hydrogen-bond donors (Lipinski definition) is 0. The summed E-state index contributed by atoms with van der Waals surface area (Å²) >= 11 is 0. The molecule has 0 radical (unpaired) electrons. The Kier molecular flexibility index (Phi) is 39.5. The topological polar surface area (TPSA) is 0 Å². The molecule has 0 saturated carbocycles. The Hall–Kier alpha value is -1.04. The van der Waals surface area contributed by atoms with Gasteiger partial charge in [-0.15, -0.1) is 0 Å². The molecule has 0 aromatic carbocycles. The van der Waals surface area contributed by atoms with Gasteiger partial charge in [0.15, 0.2) is 0 Å². The van der Waals surface area contributed by atoms with Crippen LogP contribution in [0.15, 0.2) is 48.6 Å². The van der Waals surface area contributed by atoms with Crippen molar-refractivity contribution in [3.05, 3.63) is 48.6 Å². The van der Waals surface area contributed by atoms with E-state index >= 15 is 0 Å². The highest BCUT2D eigenvalue weighted by Crippen LogP contribution is 2.18. The summed E-state index contributed by atoms with van der Waals surface area (Å²) in [5, 5.41) is 0. The number of rotatable bonds is 0. The monoisotopic (exact) mass is 665 g/mol. The van der Waals surface area contributed by atoms with E-state index in [0.29, 0.717) is 0 Å². The summed E-state index contributed by atoms with van der Waals surface area (Å²) in [6.07, 6.45) is 76.0. The van der Waals surface area contributed by atoms with Crippen LogP contribution in [0.4, 0.5) is 0 Å². The average Bonchev–Trinajstić information content (AvgIpc) is 3.10. The van der Waals surface area contributed by atoms with Crippen molar-refractivity contribution in [1.82, 2.24) is 0 Å². The summed E-state index contributed by atoms with van der Waals surface area (Å²) in [6, 6.07) is 0. The van der Waals surface area contributed by atoms with Crippen molar-refractivity contribution in [3.63, 3.8) is 0 Å². The lowest BCUT2D eigenvalue weighted by Gasteiger charge is -2.05. The summed E-state index contributed by atoms with van der Waals surface area (Å²) in [6.45, 7) is 0. The van der Waals surface area contributed by atoms with E-state index in [1.165, 1.54) is 257 Å². The molecule has 0 bridgehead atoms. The Morgan fingerprint density at radius 1 is 0.125 bits per heavy atom. The maximum absolute atomic E-state index is 2.34. The average molecular weight is 665 g/mol. The van der Waals surface area contributed by atoms with Gasteiger partial charge in [0, 0.05) is 0 Å². The van der Waals surface area contributed by atoms with E-state index in [4.69, 9.17) is 0 Å². The molecule has 0 atom stereocenters. The zero-order valence-corrected chi connectivity index (χ0v) is 32.9. The van der Waals surface area contributed by atoms with Gasteiger partial charge >= 0.3 is 0 Å². The number of allylic oxidation sites excluding steroid dienone is 8. The van der Waals surface area contributed by atoms with Crippen molar-refractivity contribution in [2.24, 2.45) is 0 Å². The molecule has 1 rings (SSSR count). The second-order valence-corrected chi connectivity index (χ2v) is 15.6. The Morgan fingerprint density at radius 2 is 0.250 bits per heavy atom. The third-order valence-electron chi connectivity index (χ3n) is 10.8. The van der Waals surface area contributed by atoms with Gasteiger partial charge in [-0.3, -0.25) is 0 Å². The highest BCUT2D eigenvalue weighted by Gasteiger charge is 1.98. The minimum absolute atomic E-state index is 1.23. The molecule has 0 heteroatoms. The molecular formula is C48H88. The van der Waals surface area contributed by atoms with E-state index in [1.807, 2.05) is 0 Å². The Labute approximate surface area is 304 Å². The zero-order chi connectivity index (χ0) is 33.9. The van der Waals surface area contributed by atoms with Crippen LogP contribution >= 0.6 is 0 Å². The molecule has 1 aliphatic rings. The van der Waals surface area contributed by atoms with Gasteiger partial charge in [0.05, 0.1) is 0 Å². The van der Waals surface area contributed by atoms with Gasteiger partial charge in [0.2, 0.25) is 0 Å². The summed E-state index contributed by atoms with van der Waals surface area (Å²) in [5.74, 6) is 0. The summed E-state index contributed by atoms with van der Waals surface area (Å²) in [7, 11) is 0. The fourth-order valence-electron chi connectivity index (χ4n) is 7.49. The van der Waals surface area contributed by atoms with Crippen molar-refractivity contribution in [1.29, 1.82) is 0 Å². The molecule has 0 fully saturated rings. The van der Waals surface area contributed by atoms with Crippen molar-refractivity contribution < 1.29 is 0 Å². The van der Waals surface area contributed by atoms with E-state index in [2.05, 4.69) is 48.6 Å². The van der Waals surface area contributed by atoms with E-state index < -0.39 is 0 Å². The SMILES string of the molecule is C1=CC=CCCCCCCCCCCCCCCCCCCCCCCCCCCCCCCCCCCCCCCCCC=CC=C1. The predicted molar refractivity (Wildman–Crippen MR) is 221 cm³/mol. The molecule has 0 saturated heterocycles. The Morgan fingerprint density at radius 3 is 0.417 bits per heavy atom. The van der Waals surface area contributed by atoms with Gasteiger partial charge < -0.3 is 0 Å². The molecular weight excluding hydrogens is 577 g/mol. The fraction of sp³-hybridized carbons (Fsp3) is 0.833. The maximum atomic E-state index is 2.34. The first-order valence-corrected chi connectivity index (χ1v) is 22.6. The summed E-state index contributed by atoms with van der Waals surface area (Å²) in [5.41, 5.74) is 0. The van der Waals surface area contributed by atoms with E-state index in [-0.39, 0.29) is 0 Å². The molecule has 0 aromatic rings. The molecule has 0 unspecified atom stereocenters. The van der Waals surface area contributed by atoms with Crippen LogP contribution in [0.25, 0.3) is 0 Å². The fourth-order valence-corrected chi connectivity index (χ4v) is 7.49. The first kappa shape index (κ1) is 45.0. The molecule has 0 heterocycles. The zero-order valence-electron chi connectivity index (χ0n) is 32.9. The molecule has 48 heavy (non-hydrogen) atoms. The van der Waals surface area contributed by atoms with Gasteiger partial charge in [-0.1, -0.05) is 280 Å². The largest absolute Gasteiger partial charge is 0.0845 e. The lowest BCUT2D eigenvalue weighted by molar-refractivity contribution is 0.510. The Balaban J connectivity index is 2.09. The van der Waals surface area contributed by atoms with Crippen LogP contribution in [-0.2, 0) is 0 Å². The van der Waals surface area contributed by atoms with E-state index in [0.717, 1.165) is 0 Å². The van der Waals surface area contributed by atoms with E-state index in [9.17, 15) is 0 Å². The maximum Gasteiger partial charge on any atom is -0.0348 e. The molecule has 280 valence electrons. The molecule has 0 amide bonds. The second kappa shape index (κ2) is 42.1. The van der Waals surface area contributed by atoms with Gasteiger partial charge in [-0.05, 0) is 25.7 Å². The molecule has 0 aromatic heterocycles. The van der Waals surface area contributed by atoms with Crippen molar-refractivity contribution >= 4 is 0 Å². The lowest BCUT2D eigenvalue weighted by Crippen LogP contribution is -1.85. The molecule has 0 nitrogen and oxygen atoms in total. The molecule has 0 aliphatic heterocycles. The van der Waals surface area contributed by atoms with Gasteiger partial charge in [-0.25, -0.2) is 0 Å². The molecule has 1 aliphatic carbocycles. The molecule has 0 N–H and O–H groups in total. The quantitative estimate of drug-likeness (QED) is 0.242. The predicted octanol–water partition coefficient (Wildman–Crippen LogP) is 17.8. The standard InChI is InChI=1S/C48H88/c1-2-4-6-8-10-12-14-16-18-20-22-24-26-28-30-32-34-36-38-40-42-44-46-48-47-45-43-41-39-37-35-33-31-29-27-25-23-21-19-17-15-13-11-9-7-5-3-1/h1-8H,9-48H2. The third-order valence-corrected chi connectivity index (χ3v) is 10.8. The summed E-state index contributed by atoms with van der Waals surface area (Å²) in [4.78, 5) is 0. The number of hydrogen-bond acceptors (Lipinski definition) is 0. The summed E-state index contributed by atoms with van der Waals surface area (Å²) < 4.78 is 0. The van der Waals surface area contributed by atoms with Crippen LogP contribution in [0.2, 0.25) is 0 Å². The lowest BCUT2D eigenvalue weighted by atomic mass is 10.0. The van der Waals surface area contributed by atoms with E-state index in [1.54, 1.807) is 0 Å². The van der Waals surface area contributed by atoms with Crippen molar-refractivity contribution in [3.8, 4) is 0 Å². The van der Waals surface area contributed by atoms with Crippen LogP contribution < -0.4 is 0 Å². The van der Waals surface area contributed by atoms with Crippen LogP contribution in [0.1, 0.15) is 257 Å². The first-order chi connectivity index (χ1) is 24.0. The van der Waals surface area contributed by atoms with Crippen molar-refractivity contribution in [2.45, 2.75) is 257 Å². The second-order valence-electron chi connectivity index (χ2n) is 15.6. The van der Waals surface area contributed by atoms with Crippen LogP contribution in [-0.4, -0.2) is 0 Å². The van der Waals surface area contributed by atoms with Gasteiger partial charge in [0.25, 0.3) is 0 Å². The minimum atomic E-state index is 1.23. The van der Waals surface area contributed by atoms with Crippen LogP contribution in [0, 0.1) is 0 Å². The molecule has 0 spiro atoms. The smallest absolute Gasteiger partial charge is 0.0348 e. The van der Waals surface area contributed by atoms with Gasteiger partial charge in [-0.2, -0.15) is 0 Å². The van der Waals surface area contributed by atoms with Gasteiger partial charge in [0.1, 0.15) is 0 Å². The normalized spacial score (nSPS) is 22.7. The van der Waals surface area contributed by atoms with Crippen LogP contribution in [0.3, 0.4) is 0 Å².